The fourth-order valence-electron chi connectivity index (χ4n) is 1.73. The van der Waals surface area contributed by atoms with Gasteiger partial charge < -0.3 is 20.1 Å². The molecule has 0 amide bonds. The van der Waals surface area contributed by atoms with Crippen molar-refractivity contribution in [3.63, 3.8) is 0 Å². The number of benzene rings is 1. The van der Waals surface area contributed by atoms with Crippen LogP contribution < -0.4 is 20.1 Å². The van der Waals surface area contributed by atoms with Gasteiger partial charge in [0.2, 0.25) is 0 Å². The molecular formula is C13H17N5O5. The van der Waals surface area contributed by atoms with Gasteiger partial charge in [-0.05, 0) is 22.4 Å². The quantitative estimate of drug-likeness (QED) is 0.375. The Balaban J connectivity index is 1.56. The molecule has 0 aliphatic carbocycles. The van der Waals surface area contributed by atoms with Crippen LogP contribution in [0.1, 0.15) is 0 Å². The van der Waals surface area contributed by atoms with Crippen molar-refractivity contribution in [3.05, 3.63) is 34.4 Å². The van der Waals surface area contributed by atoms with Crippen LogP contribution in [0.4, 0.5) is 11.4 Å². The van der Waals surface area contributed by atoms with E-state index in [0.29, 0.717) is 26.2 Å². The van der Waals surface area contributed by atoms with Crippen molar-refractivity contribution in [2.24, 2.45) is 0 Å². The maximum Gasteiger partial charge on any atom is 0.320 e. The molecule has 1 aromatic heterocycles. The molecule has 2 rings (SSSR count). The van der Waals surface area contributed by atoms with Gasteiger partial charge in [-0.15, -0.1) is 0 Å². The van der Waals surface area contributed by atoms with Crippen molar-refractivity contribution in [2.45, 2.75) is 0 Å². The zero-order valence-corrected chi connectivity index (χ0v) is 12.5. The second-order valence-corrected chi connectivity index (χ2v) is 4.41. The molecule has 2 aromatic rings. The summed E-state index contributed by atoms with van der Waals surface area (Å²) >= 11 is 0. The fraction of sp³-hybridized carbons (Fsp3) is 0.385. The average molecular weight is 323 g/mol. The van der Waals surface area contributed by atoms with E-state index in [1.165, 1.54) is 19.2 Å². The molecule has 0 radical (unpaired) electrons. The van der Waals surface area contributed by atoms with Crippen molar-refractivity contribution in [3.8, 4) is 11.8 Å². The van der Waals surface area contributed by atoms with Gasteiger partial charge in [-0.2, -0.15) is 0 Å². The van der Waals surface area contributed by atoms with Gasteiger partial charge in [0.25, 0.3) is 5.69 Å². The minimum Gasteiger partial charge on any atom is -0.475 e. The van der Waals surface area contributed by atoms with E-state index < -0.39 is 4.92 Å². The molecule has 1 aromatic carbocycles. The Morgan fingerprint density at radius 1 is 1.17 bits per heavy atom. The van der Waals surface area contributed by atoms with Gasteiger partial charge in [0.15, 0.2) is 0 Å². The third-order valence-electron chi connectivity index (χ3n) is 2.85. The first-order valence-corrected chi connectivity index (χ1v) is 6.89. The molecule has 0 atom stereocenters. The molecule has 10 nitrogen and oxygen atoms in total. The topological polar surface area (TPSA) is 125 Å². The molecule has 1 heterocycles. The van der Waals surface area contributed by atoms with Crippen LogP contribution in [0.2, 0.25) is 0 Å². The largest absolute Gasteiger partial charge is 0.475 e. The first-order valence-electron chi connectivity index (χ1n) is 6.89. The smallest absolute Gasteiger partial charge is 0.320 e. The minimum atomic E-state index is -0.426. The Hall–Kier alpha value is -2.88. The first-order chi connectivity index (χ1) is 11.2. The Morgan fingerprint density at radius 3 is 2.61 bits per heavy atom. The summed E-state index contributed by atoms with van der Waals surface area (Å²) in [5.41, 5.74) is 0.899. The van der Waals surface area contributed by atoms with E-state index in [0.717, 1.165) is 5.69 Å². The number of nitro benzene ring substituents is 1. The van der Waals surface area contributed by atoms with Crippen LogP contribution in [0.25, 0.3) is 0 Å². The van der Waals surface area contributed by atoms with Crippen molar-refractivity contribution in [1.82, 2.24) is 15.6 Å². The van der Waals surface area contributed by atoms with Crippen molar-refractivity contribution < 1.29 is 19.0 Å². The van der Waals surface area contributed by atoms with Gasteiger partial charge >= 0.3 is 11.8 Å². The van der Waals surface area contributed by atoms with Gasteiger partial charge in [-0.25, -0.2) is 4.63 Å². The van der Waals surface area contributed by atoms with Crippen molar-refractivity contribution in [1.29, 1.82) is 0 Å². The Kier molecular flexibility index (Phi) is 6.12. The van der Waals surface area contributed by atoms with E-state index in [1.807, 2.05) is 0 Å². The number of nitrogens with one attached hydrogen (secondary N) is 2. The number of hydrogen-bond acceptors (Lipinski definition) is 9. The number of hydrogen-bond donors (Lipinski definition) is 2. The number of nitro groups is 1. The minimum absolute atomic E-state index is 0.0728. The van der Waals surface area contributed by atoms with E-state index in [2.05, 4.69) is 25.6 Å². The number of non-ortho nitro benzene ring substituents is 1. The average Bonchev–Trinajstić information content (AvgIpc) is 3.02. The second kappa shape index (κ2) is 8.54. The third kappa shape index (κ3) is 5.11. The second-order valence-electron chi connectivity index (χ2n) is 4.41. The van der Waals surface area contributed by atoms with E-state index in [4.69, 9.17) is 9.47 Å². The normalized spacial score (nSPS) is 10.3. The molecule has 0 saturated carbocycles. The molecule has 10 heteroatoms. The lowest BCUT2D eigenvalue weighted by molar-refractivity contribution is -0.384. The predicted molar refractivity (Wildman–Crippen MR) is 80.8 cm³/mol. The van der Waals surface area contributed by atoms with Crippen LogP contribution in [0.5, 0.6) is 11.8 Å². The number of anilines is 1. The third-order valence-corrected chi connectivity index (χ3v) is 2.85. The van der Waals surface area contributed by atoms with Gasteiger partial charge in [0.1, 0.15) is 6.61 Å². The lowest BCUT2D eigenvalue weighted by Gasteiger charge is -2.08. The maximum atomic E-state index is 10.5. The van der Waals surface area contributed by atoms with Crippen LogP contribution in [0.3, 0.4) is 0 Å². The Morgan fingerprint density at radius 2 is 1.91 bits per heavy atom. The highest BCUT2D eigenvalue weighted by molar-refractivity contribution is 5.48. The van der Waals surface area contributed by atoms with Crippen LogP contribution in [-0.4, -0.2) is 48.6 Å². The summed E-state index contributed by atoms with van der Waals surface area (Å²) < 4.78 is 14.7. The van der Waals surface area contributed by atoms with E-state index >= 15 is 0 Å². The molecule has 0 unspecified atom stereocenters. The molecule has 0 aliphatic heterocycles. The zero-order chi connectivity index (χ0) is 16.5. The lowest BCUT2D eigenvalue weighted by atomic mass is 10.3. The maximum absolute atomic E-state index is 10.5. The van der Waals surface area contributed by atoms with E-state index in [9.17, 15) is 10.1 Å². The standard InChI is InChI=1S/C13H17N5O5/c1-21-12-13(17-23-16-12)22-9-8-14-6-7-15-10-2-4-11(5-3-10)18(19)20/h2-5,14-15H,6-9H2,1H3. The molecule has 0 spiro atoms. The van der Waals surface area contributed by atoms with Gasteiger partial charge in [-0.3, -0.25) is 10.1 Å². The van der Waals surface area contributed by atoms with E-state index in [1.54, 1.807) is 12.1 Å². The highest BCUT2D eigenvalue weighted by Gasteiger charge is 2.10. The number of ether oxygens (including phenoxy) is 2. The van der Waals surface area contributed by atoms with Gasteiger partial charge in [-0.1, -0.05) is 0 Å². The SMILES string of the molecule is COc1nonc1OCCNCCNc1ccc([N+](=O)[O-])cc1. The van der Waals surface area contributed by atoms with Crippen LogP contribution >= 0.6 is 0 Å². The summed E-state index contributed by atoms with van der Waals surface area (Å²) in [4.78, 5) is 10.1. The van der Waals surface area contributed by atoms with Crippen LogP contribution in [0, 0.1) is 10.1 Å². The summed E-state index contributed by atoms with van der Waals surface area (Å²) in [5.74, 6) is 0.433. The predicted octanol–water partition coefficient (Wildman–Crippen LogP) is 1.07. The van der Waals surface area contributed by atoms with Crippen molar-refractivity contribution >= 4 is 11.4 Å². The summed E-state index contributed by atoms with van der Waals surface area (Å²) in [6, 6.07) is 6.27. The zero-order valence-electron chi connectivity index (χ0n) is 12.5. The summed E-state index contributed by atoms with van der Waals surface area (Å²) in [7, 11) is 1.45. The number of rotatable bonds is 10. The molecular weight excluding hydrogens is 306 g/mol. The number of methoxy groups -OCH3 is 1. The van der Waals surface area contributed by atoms with Crippen LogP contribution in [-0.2, 0) is 0 Å². The molecule has 23 heavy (non-hydrogen) atoms. The van der Waals surface area contributed by atoms with E-state index in [-0.39, 0.29) is 17.4 Å². The monoisotopic (exact) mass is 323 g/mol. The van der Waals surface area contributed by atoms with Gasteiger partial charge in [0, 0.05) is 37.5 Å². The highest BCUT2D eigenvalue weighted by atomic mass is 16.6. The molecule has 2 N–H and O–H groups in total. The molecule has 0 fully saturated rings. The Labute approximate surface area is 131 Å². The van der Waals surface area contributed by atoms with Gasteiger partial charge in [0.05, 0.1) is 12.0 Å². The fourth-order valence-corrected chi connectivity index (χ4v) is 1.73. The summed E-state index contributed by atoms with van der Waals surface area (Å²) in [5, 5.41) is 23.9. The number of aromatic nitrogens is 2. The molecule has 0 aliphatic rings. The summed E-state index contributed by atoms with van der Waals surface area (Å²) in [6.45, 7) is 2.38. The molecule has 0 bridgehead atoms. The first kappa shape index (κ1) is 16.5. The molecule has 0 saturated heterocycles. The Bertz CT molecular complexity index is 615. The number of nitrogens with zero attached hydrogens (tertiary/aromatic N) is 3. The molecule has 124 valence electrons. The van der Waals surface area contributed by atoms with Crippen LogP contribution in [0.15, 0.2) is 28.9 Å². The highest BCUT2D eigenvalue weighted by Crippen LogP contribution is 2.19. The summed E-state index contributed by atoms with van der Waals surface area (Å²) in [6.07, 6.45) is 0. The van der Waals surface area contributed by atoms with Crippen molar-refractivity contribution in [2.75, 3.05) is 38.7 Å². The lowest BCUT2D eigenvalue weighted by Crippen LogP contribution is -2.26.